The highest BCUT2D eigenvalue weighted by molar-refractivity contribution is 7.85. The van der Waals surface area contributed by atoms with Gasteiger partial charge in [0.15, 0.2) is 0 Å². The van der Waals surface area contributed by atoms with Gasteiger partial charge in [-0.1, -0.05) is 26.7 Å². The van der Waals surface area contributed by atoms with Gasteiger partial charge in [0.25, 0.3) is 15.8 Å². The number of aryl methyl sites for hydroxylation is 1. The van der Waals surface area contributed by atoms with E-state index in [1.807, 2.05) is 20.8 Å². The second-order valence-corrected chi connectivity index (χ2v) is 9.34. The molecule has 0 aliphatic rings. The van der Waals surface area contributed by atoms with Gasteiger partial charge in [0.05, 0.1) is 23.3 Å². The Morgan fingerprint density at radius 1 is 1.26 bits per heavy atom. The van der Waals surface area contributed by atoms with E-state index in [0.717, 1.165) is 12.0 Å². The van der Waals surface area contributed by atoms with Crippen molar-refractivity contribution in [2.45, 2.75) is 71.6 Å². The van der Waals surface area contributed by atoms with Crippen molar-refractivity contribution in [2.24, 2.45) is 0 Å². The minimum atomic E-state index is -3.95. The van der Waals surface area contributed by atoms with Gasteiger partial charge in [0.1, 0.15) is 5.75 Å². The molecular formula is C21H34N2O7S. The van der Waals surface area contributed by atoms with Crippen LogP contribution in [0.15, 0.2) is 12.1 Å². The molecule has 0 saturated heterocycles. The van der Waals surface area contributed by atoms with Gasteiger partial charge in [-0.25, -0.2) is 0 Å². The molecule has 10 heteroatoms. The lowest BCUT2D eigenvalue weighted by molar-refractivity contribution is -0.385. The van der Waals surface area contributed by atoms with Gasteiger partial charge in [-0.3, -0.25) is 19.5 Å². The Kier molecular flexibility index (Phi) is 11.5. The molecule has 1 amide bonds. The van der Waals surface area contributed by atoms with Crippen LogP contribution in [-0.4, -0.2) is 42.7 Å². The van der Waals surface area contributed by atoms with E-state index in [2.05, 4.69) is 5.32 Å². The van der Waals surface area contributed by atoms with E-state index in [4.69, 9.17) is 9.29 Å². The summed E-state index contributed by atoms with van der Waals surface area (Å²) in [6.07, 6.45) is 4.07. The molecule has 2 N–H and O–H groups in total. The van der Waals surface area contributed by atoms with Gasteiger partial charge in [0, 0.05) is 18.5 Å². The highest BCUT2D eigenvalue weighted by Crippen LogP contribution is 2.35. The van der Waals surface area contributed by atoms with Crippen LogP contribution in [0.2, 0.25) is 0 Å². The molecule has 0 saturated carbocycles. The molecule has 1 aromatic rings. The van der Waals surface area contributed by atoms with Crippen molar-refractivity contribution in [1.29, 1.82) is 0 Å². The number of nitro benzene ring substituents is 1. The third-order valence-electron chi connectivity index (χ3n) is 4.97. The molecule has 1 aromatic carbocycles. The number of nitrogens with one attached hydrogen (secondary N) is 1. The Morgan fingerprint density at radius 2 is 1.97 bits per heavy atom. The number of hydrogen-bond acceptors (Lipinski definition) is 6. The molecule has 0 radical (unpaired) electrons. The van der Waals surface area contributed by atoms with Gasteiger partial charge in [-0.2, -0.15) is 8.42 Å². The van der Waals surface area contributed by atoms with Gasteiger partial charge in [-0.15, -0.1) is 0 Å². The molecule has 0 bridgehead atoms. The topological polar surface area (TPSA) is 136 Å². The van der Waals surface area contributed by atoms with Gasteiger partial charge < -0.3 is 10.1 Å². The van der Waals surface area contributed by atoms with Crippen LogP contribution in [0.3, 0.4) is 0 Å². The number of rotatable bonds is 15. The van der Waals surface area contributed by atoms with Crippen molar-refractivity contribution >= 4 is 21.7 Å². The minimum Gasteiger partial charge on any atom is -0.493 e. The predicted molar refractivity (Wildman–Crippen MR) is 119 cm³/mol. The van der Waals surface area contributed by atoms with E-state index in [1.165, 1.54) is 6.07 Å². The van der Waals surface area contributed by atoms with E-state index in [9.17, 15) is 23.3 Å². The highest BCUT2D eigenvalue weighted by atomic mass is 32.2. The molecule has 0 aliphatic carbocycles. The number of carbonyl (C=O) groups is 1. The lowest BCUT2D eigenvalue weighted by atomic mass is 9.92. The molecule has 0 heterocycles. The Bertz CT molecular complexity index is 840. The lowest BCUT2D eigenvalue weighted by Gasteiger charge is -2.16. The summed E-state index contributed by atoms with van der Waals surface area (Å²) in [6.45, 7) is 6.65. The summed E-state index contributed by atoms with van der Waals surface area (Å²) in [5, 5.41) is 14.4. The van der Waals surface area contributed by atoms with Gasteiger partial charge in [0.2, 0.25) is 5.91 Å². The number of amides is 1. The monoisotopic (exact) mass is 458 g/mol. The van der Waals surface area contributed by atoms with E-state index in [-0.39, 0.29) is 23.3 Å². The summed E-state index contributed by atoms with van der Waals surface area (Å²) >= 11 is 0. The van der Waals surface area contributed by atoms with Gasteiger partial charge >= 0.3 is 0 Å². The number of hydrogen-bond donors (Lipinski definition) is 2. The molecule has 31 heavy (non-hydrogen) atoms. The van der Waals surface area contributed by atoms with E-state index in [1.54, 1.807) is 6.07 Å². The summed E-state index contributed by atoms with van der Waals surface area (Å²) in [4.78, 5) is 22.8. The number of nitrogens with zero attached hydrogens (tertiary/aromatic N) is 1. The normalized spacial score (nSPS) is 12.4. The number of unbranched alkanes of at least 4 members (excludes halogenated alkanes) is 2. The first-order valence-corrected chi connectivity index (χ1v) is 12.3. The Hall–Kier alpha value is -2.20. The lowest BCUT2D eigenvalue weighted by Crippen LogP contribution is -2.24. The van der Waals surface area contributed by atoms with Crippen molar-refractivity contribution in [3.05, 3.63) is 33.4 Å². The van der Waals surface area contributed by atoms with Crippen LogP contribution in [0.25, 0.3) is 0 Å². The molecule has 1 unspecified atom stereocenters. The first-order chi connectivity index (χ1) is 14.5. The third-order valence-corrected chi connectivity index (χ3v) is 5.77. The molecule has 1 atom stereocenters. The maximum atomic E-state index is 11.6. The number of ether oxygens (including phenoxy) is 1. The maximum absolute atomic E-state index is 11.6. The largest absolute Gasteiger partial charge is 0.493 e. The second-order valence-electron chi connectivity index (χ2n) is 7.77. The van der Waals surface area contributed by atoms with Crippen molar-refractivity contribution in [1.82, 2.24) is 5.32 Å². The zero-order chi connectivity index (χ0) is 23.4. The summed E-state index contributed by atoms with van der Waals surface area (Å²) in [7, 11) is -3.95. The van der Waals surface area contributed by atoms with E-state index in [0.29, 0.717) is 63.0 Å². The summed E-state index contributed by atoms with van der Waals surface area (Å²) in [6, 6.07) is 3.21. The fourth-order valence-corrected chi connectivity index (χ4v) is 3.81. The van der Waals surface area contributed by atoms with Crippen molar-refractivity contribution in [3.63, 3.8) is 0 Å². The van der Waals surface area contributed by atoms with Crippen LogP contribution in [-0.2, 0) is 14.9 Å². The summed E-state index contributed by atoms with van der Waals surface area (Å²) in [5.41, 5.74) is 1.39. The average Bonchev–Trinajstić information content (AvgIpc) is 2.68. The Balaban J connectivity index is 2.67. The van der Waals surface area contributed by atoms with Crippen LogP contribution in [0.5, 0.6) is 5.75 Å². The van der Waals surface area contributed by atoms with E-state index >= 15 is 0 Å². The van der Waals surface area contributed by atoms with Gasteiger partial charge in [-0.05, 0) is 50.2 Å². The number of nitro groups is 1. The minimum absolute atomic E-state index is 0.00766. The fourth-order valence-electron chi connectivity index (χ4n) is 3.24. The smallest absolute Gasteiger partial charge is 0.276 e. The number of carbonyl (C=O) groups excluding carboxylic acids is 1. The zero-order valence-corrected chi connectivity index (χ0v) is 19.4. The van der Waals surface area contributed by atoms with Crippen LogP contribution >= 0.6 is 0 Å². The predicted octanol–water partition coefficient (Wildman–Crippen LogP) is 4.14. The standard InChI is InChI=1S/C21H34N2O7S/c1-4-11-22-21(24)10-8-12-30-20-15-19(23(25)26)18(14-17(20)3)16(2)9-6-5-7-13-31(27,28)29/h14-16H,4-13H2,1-3H3,(H,22,24)(H,27,28,29). The molecule has 0 aromatic heterocycles. The maximum Gasteiger partial charge on any atom is 0.276 e. The van der Waals surface area contributed by atoms with Crippen LogP contribution in [0.4, 0.5) is 5.69 Å². The molecule has 0 fully saturated rings. The molecule has 9 nitrogen and oxygen atoms in total. The first kappa shape index (κ1) is 26.8. The quantitative estimate of drug-likeness (QED) is 0.174. The highest BCUT2D eigenvalue weighted by Gasteiger charge is 2.22. The van der Waals surface area contributed by atoms with Crippen molar-refractivity contribution in [2.75, 3.05) is 18.9 Å². The molecule has 0 aliphatic heterocycles. The third kappa shape index (κ3) is 10.6. The van der Waals surface area contributed by atoms with Crippen molar-refractivity contribution in [3.8, 4) is 5.75 Å². The van der Waals surface area contributed by atoms with Crippen LogP contribution in [0, 0.1) is 17.0 Å². The first-order valence-electron chi connectivity index (χ1n) is 10.7. The fraction of sp³-hybridized carbons (Fsp3) is 0.667. The Labute approximate surface area is 184 Å². The SMILES string of the molecule is CCCNC(=O)CCCOc1cc([N+](=O)[O-])c(C(C)CCCCCS(=O)(=O)O)cc1C. The molecule has 176 valence electrons. The Morgan fingerprint density at radius 3 is 2.58 bits per heavy atom. The van der Waals surface area contributed by atoms with Crippen LogP contribution in [0.1, 0.15) is 75.8 Å². The molecule has 1 rings (SSSR count). The van der Waals surface area contributed by atoms with E-state index < -0.39 is 15.0 Å². The zero-order valence-electron chi connectivity index (χ0n) is 18.6. The summed E-state index contributed by atoms with van der Waals surface area (Å²) in [5.74, 6) is 0.0484. The van der Waals surface area contributed by atoms with Crippen LogP contribution < -0.4 is 10.1 Å². The second kappa shape index (κ2) is 13.3. The molecule has 0 spiro atoms. The average molecular weight is 459 g/mol. The van der Waals surface area contributed by atoms with Crippen molar-refractivity contribution < 1.29 is 27.4 Å². The summed E-state index contributed by atoms with van der Waals surface area (Å²) < 4.78 is 36.0. The molecular weight excluding hydrogens is 424 g/mol. The number of benzene rings is 1.